The molecule has 2 aromatic carbocycles. The van der Waals surface area contributed by atoms with Crippen molar-refractivity contribution in [3.05, 3.63) is 59.7 Å². The van der Waals surface area contributed by atoms with E-state index in [0.717, 1.165) is 5.75 Å². The second kappa shape index (κ2) is 10.8. The number of ether oxygens (including phenoxy) is 3. The zero-order valence-electron chi connectivity index (χ0n) is 17.6. The van der Waals surface area contributed by atoms with Crippen LogP contribution in [0, 0.1) is 5.92 Å². The van der Waals surface area contributed by atoms with Crippen LogP contribution in [0.15, 0.2) is 48.5 Å². The third-order valence-corrected chi connectivity index (χ3v) is 5.33. The van der Waals surface area contributed by atoms with E-state index in [1.54, 1.807) is 43.5 Å². The largest absolute Gasteiger partial charge is 0.497 e. The summed E-state index contributed by atoms with van der Waals surface area (Å²) in [6, 6.07) is 14.5. The maximum absolute atomic E-state index is 13.0. The van der Waals surface area contributed by atoms with Crippen LogP contribution >= 0.6 is 0 Å². The van der Waals surface area contributed by atoms with Gasteiger partial charge in [-0.3, -0.25) is 9.59 Å². The van der Waals surface area contributed by atoms with E-state index < -0.39 is 0 Å². The Balaban J connectivity index is 1.58. The fourth-order valence-corrected chi connectivity index (χ4v) is 3.63. The van der Waals surface area contributed by atoms with Crippen LogP contribution in [0.3, 0.4) is 0 Å². The maximum atomic E-state index is 13.0. The van der Waals surface area contributed by atoms with Gasteiger partial charge in [-0.15, -0.1) is 0 Å². The van der Waals surface area contributed by atoms with Crippen molar-refractivity contribution in [2.75, 3.05) is 40.0 Å². The number of methoxy groups -OCH3 is 1. The summed E-state index contributed by atoms with van der Waals surface area (Å²) in [6.07, 6.45) is 1.31. The van der Waals surface area contributed by atoms with Crippen molar-refractivity contribution >= 4 is 11.7 Å². The third-order valence-electron chi connectivity index (χ3n) is 5.33. The molecule has 1 aliphatic heterocycles. The molecule has 0 atom stereocenters. The van der Waals surface area contributed by atoms with Gasteiger partial charge in [-0.1, -0.05) is 12.1 Å². The number of carbonyl (C=O) groups excluding carboxylic acids is 2. The summed E-state index contributed by atoms with van der Waals surface area (Å²) < 4.78 is 16.2. The molecule has 30 heavy (non-hydrogen) atoms. The number of hydrogen-bond donors (Lipinski definition) is 0. The predicted molar refractivity (Wildman–Crippen MR) is 114 cm³/mol. The molecule has 0 radical (unpaired) electrons. The Morgan fingerprint density at radius 2 is 1.70 bits per heavy atom. The second-order valence-electron chi connectivity index (χ2n) is 7.20. The van der Waals surface area contributed by atoms with Gasteiger partial charge >= 0.3 is 0 Å². The summed E-state index contributed by atoms with van der Waals surface area (Å²) >= 11 is 0. The van der Waals surface area contributed by atoms with Gasteiger partial charge in [0.15, 0.2) is 5.78 Å². The molecule has 160 valence electrons. The SMILES string of the molecule is CCOCCOc1ccccc1C(=O)N1CCC(C(=O)c2ccc(OC)cc2)CC1. The third kappa shape index (κ3) is 5.39. The number of amides is 1. The van der Waals surface area contributed by atoms with E-state index in [4.69, 9.17) is 14.2 Å². The molecule has 0 aliphatic carbocycles. The number of rotatable bonds is 9. The highest BCUT2D eigenvalue weighted by Crippen LogP contribution is 2.26. The molecule has 0 saturated carbocycles. The van der Waals surface area contributed by atoms with Crippen molar-refractivity contribution in [2.24, 2.45) is 5.92 Å². The molecule has 3 rings (SSSR count). The number of Topliss-reactive ketones (excluding diaryl/α,β-unsaturated/α-hetero) is 1. The first-order chi connectivity index (χ1) is 14.6. The van der Waals surface area contributed by atoms with Gasteiger partial charge in [-0.25, -0.2) is 0 Å². The van der Waals surface area contributed by atoms with Gasteiger partial charge in [0.1, 0.15) is 18.1 Å². The van der Waals surface area contributed by atoms with Gasteiger partial charge < -0.3 is 19.1 Å². The van der Waals surface area contributed by atoms with Gasteiger partial charge in [0.25, 0.3) is 5.91 Å². The number of carbonyl (C=O) groups is 2. The fraction of sp³-hybridized carbons (Fsp3) is 0.417. The van der Waals surface area contributed by atoms with Gasteiger partial charge in [-0.2, -0.15) is 0 Å². The first-order valence-electron chi connectivity index (χ1n) is 10.4. The lowest BCUT2D eigenvalue weighted by Crippen LogP contribution is -2.40. The average molecular weight is 411 g/mol. The van der Waals surface area contributed by atoms with Crippen LogP contribution in [0.1, 0.15) is 40.5 Å². The van der Waals surface area contributed by atoms with E-state index in [1.165, 1.54) is 0 Å². The first kappa shape index (κ1) is 21.8. The van der Waals surface area contributed by atoms with Crippen molar-refractivity contribution in [2.45, 2.75) is 19.8 Å². The molecule has 6 nitrogen and oxygen atoms in total. The number of benzene rings is 2. The second-order valence-corrected chi connectivity index (χ2v) is 7.20. The lowest BCUT2D eigenvalue weighted by molar-refractivity contribution is 0.0643. The van der Waals surface area contributed by atoms with Crippen LogP contribution in [0.5, 0.6) is 11.5 Å². The number of hydrogen-bond acceptors (Lipinski definition) is 5. The maximum Gasteiger partial charge on any atom is 0.257 e. The number of piperidine rings is 1. The van der Waals surface area contributed by atoms with Crippen LogP contribution < -0.4 is 9.47 Å². The van der Waals surface area contributed by atoms with E-state index in [2.05, 4.69) is 0 Å². The Hall–Kier alpha value is -2.86. The quantitative estimate of drug-likeness (QED) is 0.463. The lowest BCUT2D eigenvalue weighted by Gasteiger charge is -2.31. The normalized spacial score (nSPS) is 14.4. The van der Waals surface area contributed by atoms with Crippen LogP contribution in [-0.4, -0.2) is 56.6 Å². The summed E-state index contributed by atoms with van der Waals surface area (Å²) in [5.74, 6) is 1.30. The van der Waals surface area contributed by atoms with Crippen molar-refractivity contribution < 1.29 is 23.8 Å². The number of nitrogens with zero attached hydrogens (tertiary/aromatic N) is 1. The van der Waals surface area contributed by atoms with Crippen LogP contribution in [0.4, 0.5) is 0 Å². The molecule has 1 saturated heterocycles. The molecule has 0 unspecified atom stereocenters. The molecule has 1 aliphatic rings. The monoisotopic (exact) mass is 411 g/mol. The van der Waals surface area contributed by atoms with E-state index in [9.17, 15) is 9.59 Å². The Morgan fingerprint density at radius 3 is 2.37 bits per heavy atom. The number of para-hydroxylation sites is 1. The highest BCUT2D eigenvalue weighted by Gasteiger charge is 2.29. The van der Waals surface area contributed by atoms with Crippen molar-refractivity contribution in [1.82, 2.24) is 4.90 Å². The topological polar surface area (TPSA) is 65.1 Å². The van der Waals surface area contributed by atoms with E-state index >= 15 is 0 Å². The zero-order chi connectivity index (χ0) is 21.3. The lowest BCUT2D eigenvalue weighted by atomic mass is 9.88. The van der Waals surface area contributed by atoms with Crippen molar-refractivity contribution in [3.8, 4) is 11.5 Å². The fourth-order valence-electron chi connectivity index (χ4n) is 3.63. The van der Waals surface area contributed by atoms with E-state index in [1.807, 2.05) is 24.0 Å². The molecule has 1 fully saturated rings. The number of likely N-dealkylation sites (tertiary alicyclic amines) is 1. The number of ketones is 1. The summed E-state index contributed by atoms with van der Waals surface area (Å²) in [7, 11) is 1.60. The predicted octanol–water partition coefficient (Wildman–Crippen LogP) is 3.85. The summed E-state index contributed by atoms with van der Waals surface area (Å²) in [6.45, 7) is 4.56. The van der Waals surface area contributed by atoms with E-state index in [0.29, 0.717) is 62.6 Å². The molecular formula is C24H29NO5. The molecule has 1 amide bonds. The van der Waals surface area contributed by atoms with Gasteiger partial charge in [-0.05, 0) is 56.2 Å². The molecular weight excluding hydrogens is 382 g/mol. The van der Waals surface area contributed by atoms with Crippen molar-refractivity contribution in [3.63, 3.8) is 0 Å². The highest BCUT2D eigenvalue weighted by atomic mass is 16.5. The first-order valence-corrected chi connectivity index (χ1v) is 10.4. The standard InChI is InChI=1S/C24H29NO5/c1-3-29-16-17-30-22-7-5-4-6-21(22)24(27)25-14-12-19(13-15-25)23(26)18-8-10-20(28-2)11-9-18/h4-11,19H,3,12-17H2,1-2H3. The Morgan fingerprint density at radius 1 is 1.00 bits per heavy atom. The summed E-state index contributed by atoms with van der Waals surface area (Å²) in [5.41, 5.74) is 1.24. The van der Waals surface area contributed by atoms with Crippen LogP contribution in [0.2, 0.25) is 0 Å². The molecule has 1 heterocycles. The summed E-state index contributed by atoms with van der Waals surface area (Å²) in [5, 5.41) is 0. The smallest absolute Gasteiger partial charge is 0.257 e. The minimum atomic E-state index is -0.0693. The Labute approximate surface area is 177 Å². The van der Waals surface area contributed by atoms with E-state index in [-0.39, 0.29) is 17.6 Å². The Kier molecular flexibility index (Phi) is 7.85. The highest BCUT2D eigenvalue weighted by molar-refractivity contribution is 5.99. The minimum Gasteiger partial charge on any atom is -0.497 e. The van der Waals surface area contributed by atoms with Crippen molar-refractivity contribution in [1.29, 1.82) is 0 Å². The molecule has 0 aromatic heterocycles. The van der Waals surface area contributed by atoms with Gasteiger partial charge in [0, 0.05) is 31.2 Å². The molecule has 0 N–H and O–H groups in total. The molecule has 6 heteroatoms. The Bertz CT molecular complexity index is 841. The van der Waals surface area contributed by atoms with Gasteiger partial charge in [0.05, 0.1) is 19.3 Å². The molecule has 2 aromatic rings. The minimum absolute atomic E-state index is 0.0580. The van der Waals surface area contributed by atoms with Crippen LogP contribution in [-0.2, 0) is 4.74 Å². The molecule has 0 spiro atoms. The summed E-state index contributed by atoms with van der Waals surface area (Å²) in [4.78, 5) is 27.6. The zero-order valence-corrected chi connectivity index (χ0v) is 17.6. The molecule has 0 bridgehead atoms. The average Bonchev–Trinajstić information content (AvgIpc) is 2.81. The van der Waals surface area contributed by atoms with Crippen LogP contribution in [0.25, 0.3) is 0 Å². The van der Waals surface area contributed by atoms with Gasteiger partial charge in [0.2, 0.25) is 0 Å².